The van der Waals surface area contributed by atoms with Crippen LogP contribution in [0.4, 0.5) is 10.6 Å². The van der Waals surface area contributed by atoms with Gasteiger partial charge in [-0.05, 0) is 24.0 Å². The number of hydrogen-bond donors (Lipinski definition) is 3. The number of piperazine rings is 1. The number of benzene rings is 3. The zero-order chi connectivity index (χ0) is 46.3. The molecule has 3 aromatic carbocycles. The number of nitrogens with one attached hydrogen (secondary N) is 3. The Labute approximate surface area is 378 Å². The van der Waals surface area contributed by atoms with Crippen molar-refractivity contribution >= 4 is 43.1 Å². The normalized spacial score (nSPS) is 17.3. The summed E-state index contributed by atoms with van der Waals surface area (Å²) < 4.78 is 37.2. The molecule has 19 heteroatoms. The SMILES string of the molecule is CCCCOC(=O)N1CCN(C(=O)C(CP(=O)(N[C@H](C(=O)OC)c2ccccc2)N[C@@H](C(=O)OC)c2ccccc2)NC(=O)c2cc(N3CC[C@H](OC)C3)nc(-c3ccccc3)n2)CC1. The van der Waals surface area contributed by atoms with Crippen molar-refractivity contribution in [2.24, 2.45) is 0 Å². The van der Waals surface area contributed by atoms with Crippen LogP contribution in [-0.4, -0.2) is 135 Å². The van der Waals surface area contributed by atoms with Gasteiger partial charge in [-0.15, -0.1) is 0 Å². The summed E-state index contributed by atoms with van der Waals surface area (Å²) in [5, 5.41) is 8.70. The van der Waals surface area contributed by atoms with Crippen molar-refractivity contribution in [3.8, 4) is 11.4 Å². The van der Waals surface area contributed by atoms with E-state index in [1.165, 1.54) is 30.1 Å². The summed E-state index contributed by atoms with van der Waals surface area (Å²) in [5.41, 5.74) is 1.33. The van der Waals surface area contributed by atoms with E-state index in [2.05, 4.69) is 20.5 Å². The Hall–Kier alpha value is -6.20. The number of esters is 2. The maximum absolute atomic E-state index is 15.9. The number of unbranched alkanes of at least 4 members (excludes halogenated alkanes) is 1. The lowest BCUT2D eigenvalue weighted by molar-refractivity contribution is -0.143. The number of nitrogens with zero attached hydrogens (tertiary/aromatic N) is 5. The Bertz CT molecular complexity index is 2220. The predicted octanol–water partition coefficient (Wildman–Crippen LogP) is 4.75. The third kappa shape index (κ3) is 12.8. The number of carbonyl (C=O) groups is 5. The smallest absolute Gasteiger partial charge is 0.409 e. The summed E-state index contributed by atoms with van der Waals surface area (Å²) in [5.74, 6) is -2.29. The van der Waals surface area contributed by atoms with Crippen LogP contribution in [0.5, 0.6) is 0 Å². The minimum Gasteiger partial charge on any atom is -0.468 e. The van der Waals surface area contributed by atoms with Gasteiger partial charge in [0.25, 0.3) is 5.91 Å². The first-order valence-electron chi connectivity index (χ1n) is 21.6. The Morgan fingerprint density at radius 2 is 1.31 bits per heavy atom. The third-order valence-corrected chi connectivity index (χ3v) is 13.4. The van der Waals surface area contributed by atoms with Gasteiger partial charge in [-0.3, -0.25) is 14.2 Å². The van der Waals surface area contributed by atoms with E-state index in [9.17, 15) is 24.0 Å². The molecule has 18 nitrogen and oxygen atoms in total. The monoisotopic (exact) mass is 912 g/mol. The van der Waals surface area contributed by atoms with Gasteiger partial charge in [-0.1, -0.05) is 104 Å². The van der Waals surface area contributed by atoms with Crippen molar-refractivity contribution in [1.29, 1.82) is 0 Å². The summed E-state index contributed by atoms with van der Waals surface area (Å²) in [7, 11) is -0.440. The molecule has 0 bridgehead atoms. The van der Waals surface area contributed by atoms with Crippen LogP contribution in [0.2, 0.25) is 0 Å². The van der Waals surface area contributed by atoms with Gasteiger partial charge in [0.2, 0.25) is 13.4 Å². The second-order valence-electron chi connectivity index (χ2n) is 15.6. The van der Waals surface area contributed by atoms with Crippen LogP contribution >= 0.6 is 7.44 Å². The van der Waals surface area contributed by atoms with E-state index in [1.807, 2.05) is 42.2 Å². The third-order valence-electron chi connectivity index (χ3n) is 11.2. The first kappa shape index (κ1) is 48.3. The van der Waals surface area contributed by atoms with Gasteiger partial charge in [0.1, 0.15) is 29.6 Å². The summed E-state index contributed by atoms with van der Waals surface area (Å²) in [6.07, 6.45) is 1.09. The van der Waals surface area contributed by atoms with E-state index < -0.39 is 61.6 Å². The first-order valence-corrected chi connectivity index (χ1v) is 23.5. The number of anilines is 1. The lowest BCUT2D eigenvalue weighted by Gasteiger charge is -2.37. The maximum atomic E-state index is 15.9. The molecule has 0 radical (unpaired) electrons. The summed E-state index contributed by atoms with van der Waals surface area (Å²) in [4.78, 5) is 83.9. The van der Waals surface area contributed by atoms with Gasteiger partial charge in [-0.2, -0.15) is 0 Å². The lowest BCUT2D eigenvalue weighted by atomic mass is 10.1. The van der Waals surface area contributed by atoms with Crippen molar-refractivity contribution in [2.75, 3.05) is 78.3 Å². The van der Waals surface area contributed by atoms with E-state index in [4.69, 9.17) is 23.9 Å². The molecule has 0 spiro atoms. The highest BCUT2D eigenvalue weighted by Crippen LogP contribution is 2.44. The summed E-state index contributed by atoms with van der Waals surface area (Å²) in [6.45, 7) is 3.78. The zero-order valence-electron chi connectivity index (χ0n) is 37.1. The molecule has 346 valence electrons. The molecule has 2 unspecified atom stereocenters. The number of aromatic nitrogens is 2. The molecule has 4 aromatic rings. The van der Waals surface area contributed by atoms with E-state index in [0.29, 0.717) is 42.0 Å². The molecule has 3 N–H and O–H groups in total. The van der Waals surface area contributed by atoms with Gasteiger partial charge in [0, 0.05) is 58.0 Å². The topological polar surface area (TPSA) is 211 Å². The second-order valence-corrected chi connectivity index (χ2v) is 18.0. The van der Waals surface area contributed by atoms with Crippen LogP contribution < -0.4 is 20.4 Å². The Balaban J connectivity index is 1.40. The van der Waals surface area contributed by atoms with Crippen LogP contribution in [0.3, 0.4) is 0 Å². The van der Waals surface area contributed by atoms with Gasteiger partial charge in [0.15, 0.2) is 5.82 Å². The van der Waals surface area contributed by atoms with Crippen molar-refractivity contribution in [3.63, 3.8) is 0 Å². The van der Waals surface area contributed by atoms with Gasteiger partial charge >= 0.3 is 18.0 Å². The molecule has 6 rings (SSSR count). The number of methoxy groups -OCH3 is 3. The maximum Gasteiger partial charge on any atom is 0.409 e. The predicted molar refractivity (Wildman–Crippen MR) is 242 cm³/mol. The van der Waals surface area contributed by atoms with Crippen LogP contribution in [0.1, 0.15) is 59.9 Å². The number of ether oxygens (including phenoxy) is 4. The van der Waals surface area contributed by atoms with Gasteiger partial charge in [0.05, 0.1) is 33.1 Å². The van der Waals surface area contributed by atoms with Crippen LogP contribution in [0.15, 0.2) is 97.1 Å². The standard InChI is InChI=1S/C46H57N8O10P/c1-5-6-28-64-46(59)53-26-24-52(25-27-53)43(56)37(48-42(55)36-29-38(54-23-22-35(30-54)61-2)49-41(47-36)34-20-14-9-15-21-34)31-65(60,50-39(44(57)62-3)32-16-10-7-11-17-32)51-40(45(58)63-4)33-18-12-8-13-19-33/h7-21,29,35,37,39-40H,5-6,22-28,30-31H2,1-4H3,(H,48,55)(H2,50,51,60)/t35-,37?,39-,40+,65?/m0/s1. The van der Waals surface area contributed by atoms with E-state index in [-0.39, 0.29) is 50.4 Å². The Morgan fingerprint density at radius 3 is 1.83 bits per heavy atom. The summed E-state index contributed by atoms with van der Waals surface area (Å²) >= 11 is 0. The highest BCUT2D eigenvalue weighted by atomic mass is 31.2. The Morgan fingerprint density at radius 1 is 0.754 bits per heavy atom. The largest absolute Gasteiger partial charge is 0.468 e. The lowest BCUT2D eigenvalue weighted by Crippen LogP contribution is -2.57. The van der Waals surface area contributed by atoms with Crippen LogP contribution in [-0.2, 0) is 37.9 Å². The molecule has 65 heavy (non-hydrogen) atoms. The van der Waals surface area contributed by atoms with Crippen molar-refractivity contribution in [1.82, 2.24) is 35.3 Å². The molecular weight excluding hydrogens is 856 g/mol. The molecule has 2 aliphatic rings. The van der Waals surface area contributed by atoms with Gasteiger partial charge < -0.3 is 39.0 Å². The first-order chi connectivity index (χ1) is 31.4. The van der Waals surface area contributed by atoms with Crippen LogP contribution in [0, 0.1) is 0 Å². The highest BCUT2D eigenvalue weighted by Gasteiger charge is 2.42. The molecule has 5 atom stereocenters. The fourth-order valence-corrected chi connectivity index (χ4v) is 9.96. The van der Waals surface area contributed by atoms with Crippen molar-refractivity contribution < 1.29 is 47.5 Å². The minimum atomic E-state index is -4.45. The molecule has 3 amide bonds. The number of hydrogen-bond acceptors (Lipinski definition) is 13. The molecule has 0 saturated carbocycles. The molecule has 3 heterocycles. The van der Waals surface area contributed by atoms with E-state index in [0.717, 1.165) is 12.8 Å². The average Bonchev–Trinajstić information content (AvgIpc) is 3.85. The number of carbonyl (C=O) groups excluding carboxylic acids is 5. The average molecular weight is 913 g/mol. The number of amides is 3. The highest BCUT2D eigenvalue weighted by molar-refractivity contribution is 7.60. The minimum absolute atomic E-state index is 0.0494. The molecule has 2 fully saturated rings. The van der Waals surface area contributed by atoms with E-state index >= 15 is 4.57 Å². The van der Waals surface area contributed by atoms with Crippen molar-refractivity contribution in [3.05, 3.63) is 114 Å². The molecule has 1 aromatic heterocycles. The molecular formula is C46H57N8O10P. The molecule has 0 aliphatic carbocycles. The van der Waals surface area contributed by atoms with E-state index in [1.54, 1.807) is 67.8 Å². The van der Waals surface area contributed by atoms with Crippen LogP contribution in [0.25, 0.3) is 11.4 Å². The van der Waals surface area contributed by atoms with Gasteiger partial charge in [-0.25, -0.2) is 34.5 Å². The fraction of sp³-hybridized carbons (Fsp3) is 0.413. The van der Waals surface area contributed by atoms with Crippen molar-refractivity contribution in [2.45, 2.75) is 50.4 Å². The quantitative estimate of drug-likeness (QED) is 0.0502. The second kappa shape index (κ2) is 23.1. The molecule has 2 saturated heterocycles. The fourth-order valence-electron chi connectivity index (χ4n) is 7.57. The Kier molecular flexibility index (Phi) is 17.2. The number of rotatable bonds is 19. The summed E-state index contributed by atoms with van der Waals surface area (Å²) in [6, 6.07) is 23.2. The zero-order valence-corrected chi connectivity index (χ0v) is 38.0. The molecule has 2 aliphatic heterocycles.